The average molecular weight is 324 g/mol. The monoisotopic (exact) mass is 324 g/mol. The van der Waals surface area contributed by atoms with Crippen molar-refractivity contribution in [2.75, 3.05) is 29.0 Å². The molecular weight excluding hydrogens is 304 g/mol. The van der Waals surface area contributed by atoms with Gasteiger partial charge in [-0.15, -0.1) is 0 Å². The Balaban J connectivity index is 1.76. The van der Waals surface area contributed by atoms with Crippen LogP contribution < -0.4 is 21.3 Å². The van der Waals surface area contributed by atoms with E-state index in [0.717, 1.165) is 17.2 Å². The van der Waals surface area contributed by atoms with Gasteiger partial charge in [-0.05, 0) is 38.1 Å². The van der Waals surface area contributed by atoms with Gasteiger partial charge in [-0.2, -0.15) is 0 Å². The zero-order valence-corrected chi connectivity index (χ0v) is 13.7. The molecule has 1 aliphatic heterocycles. The Kier molecular flexibility index (Phi) is 4.60. The zero-order valence-electron chi connectivity index (χ0n) is 13.7. The SMILES string of the molecule is CCNC(=O)Nc1ccc2c(n1)N=C(Nc1ccc(C)cc1)CN2. The third kappa shape index (κ3) is 3.81. The molecule has 0 saturated carbocycles. The third-order valence-corrected chi connectivity index (χ3v) is 3.48. The standard InChI is InChI=1S/C17H20N6O/c1-3-18-17(24)23-14-9-8-13-16(21-14)22-15(10-19-13)20-12-6-4-11(2)5-7-12/h4-9,19H,3,10H2,1-2H3,(H3,18,20,21,22,23,24). The highest BCUT2D eigenvalue weighted by Gasteiger charge is 2.14. The van der Waals surface area contributed by atoms with Crippen LogP contribution in [0.2, 0.25) is 0 Å². The first-order valence-electron chi connectivity index (χ1n) is 7.85. The fourth-order valence-electron chi connectivity index (χ4n) is 2.28. The van der Waals surface area contributed by atoms with Gasteiger partial charge in [0, 0.05) is 12.2 Å². The minimum absolute atomic E-state index is 0.282. The lowest BCUT2D eigenvalue weighted by atomic mass is 10.2. The highest BCUT2D eigenvalue weighted by molar-refractivity contribution is 6.02. The Morgan fingerprint density at radius 3 is 2.75 bits per heavy atom. The lowest BCUT2D eigenvalue weighted by Crippen LogP contribution is -2.29. The second kappa shape index (κ2) is 6.99. The molecular formula is C17H20N6O. The van der Waals surface area contributed by atoms with Crippen LogP contribution in [0.15, 0.2) is 41.4 Å². The maximum absolute atomic E-state index is 11.6. The van der Waals surface area contributed by atoms with Gasteiger partial charge in [-0.3, -0.25) is 5.32 Å². The van der Waals surface area contributed by atoms with E-state index in [-0.39, 0.29) is 6.03 Å². The van der Waals surface area contributed by atoms with Crippen LogP contribution >= 0.6 is 0 Å². The fraction of sp³-hybridized carbons (Fsp3) is 0.235. The quantitative estimate of drug-likeness (QED) is 0.698. The van der Waals surface area contributed by atoms with Crippen LogP contribution in [0.1, 0.15) is 12.5 Å². The second-order valence-electron chi connectivity index (χ2n) is 5.46. The molecule has 2 aromatic rings. The molecule has 0 saturated heterocycles. The number of fused-ring (bicyclic) bond motifs is 1. The molecule has 0 atom stereocenters. The number of aryl methyl sites for hydroxylation is 1. The highest BCUT2D eigenvalue weighted by atomic mass is 16.2. The smallest absolute Gasteiger partial charge is 0.320 e. The largest absolute Gasteiger partial charge is 0.375 e. The number of anilines is 3. The fourth-order valence-corrected chi connectivity index (χ4v) is 2.28. The van der Waals surface area contributed by atoms with E-state index in [9.17, 15) is 4.79 Å². The molecule has 3 rings (SSSR count). The predicted octanol–water partition coefficient (Wildman–Crippen LogP) is 3.10. The summed E-state index contributed by atoms with van der Waals surface area (Å²) in [6, 6.07) is 11.4. The van der Waals surface area contributed by atoms with E-state index < -0.39 is 0 Å². The Labute approximate surface area is 140 Å². The summed E-state index contributed by atoms with van der Waals surface area (Å²) >= 11 is 0. The lowest BCUT2D eigenvalue weighted by molar-refractivity contribution is 0.252. The van der Waals surface area contributed by atoms with Gasteiger partial charge < -0.3 is 16.0 Å². The Hall–Kier alpha value is -3.09. The van der Waals surface area contributed by atoms with Gasteiger partial charge in [-0.25, -0.2) is 14.8 Å². The summed E-state index contributed by atoms with van der Waals surface area (Å²) in [7, 11) is 0. The minimum atomic E-state index is -0.282. The van der Waals surface area contributed by atoms with Gasteiger partial charge in [0.15, 0.2) is 5.82 Å². The van der Waals surface area contributed by atoms with Crippen LogP contribution in [0, 0.1) is 6.92 Å². The van der Waals surface area contributed by atoms with Crippen molar-refractivity contribution < 1.29 is 4.79 Å². The normalized spacial score (nSPS) is 12.5. The number of hydrogen-bond donors (Lipinski definition) is 4. The van der Waals surface area contributed by atoms with Gasteiger partial charge in [0.05, 0.1) is 12.2 Å². The molecule has 0 unspecified atom stereocenters. The first-order valence-corrected chi connectivity index (χ1v) is 7.85. The number of benzene rings is 1. The molecule has 2 amide bonds. The molecule has 7 heteroatoms. The van der Waals surface area contributed by atoms with E-state index >= 15 is 0 Å². The van der Waals surface area contributed by atoms with Crippen LogP contribution in [0.25, 0.3) is 0 Å². The summed E-state index contributed by atoms with van der Waals surface area (Å²) in [4.78, 5) is 20.5. The summed E-state index contributed by atoms with van der Waals surface area (Å²) < 4.78 is 0. The number of carbonyl (C=O) groups excluding carboxylic acids is 1. The van der Waals surface area contributed by atoms with Crippen LogP contribution in [0.4, 0.5) is 27.8 Å². The number of amidine groups is 1. The maximum Gasteiger partial charge on any atom is 0.320 e. The predicted molar refractivity (Wildman–Crippen MR) is 97.3 cm³/mol. The van der Waals surface area contributed by atoms with Crippen molar-refractivity contribution in [3.8, 4) is 0 Å². The van der Waals surface area contributed by atoms with Crippen LogP contribution in [-0.2, 0) is 0 Å². The van der Waals surface area contributed by atoms with Crippen molar-refractivity contribution in [3.05, 3.63) is 42.0 Å². The van der Waals surface area contributed by atoms with E-state index in [1.165, 1.54) is 5.56 Å². The van der Waals surface area contributed by atoms with Gasteiger partial charge in [0.1, 0.15) is 11.7 Å². The first-order chi connectivity index (χ1) is 11.6. The van der Waals surface area contributed by atoms with E-state index in [1.807, 2.05) is 44.2 Å². The summed E-state index contributed by atoms with van der Waals surface area (Å²) in [6.45, 7) is 5.05. The molecule has 0 spiro atoms. The number of rotatable bonds is 3. The van der Waals surface area contributed by atoms with Crippen molar-refractivity contribution in [1.82, 2.24) is 10.3 Å². The number of hydrogen-bond acceptors (Lipinski definition) is 5. The molecule has 24 heavy (non-hydrogen) atoms. The number of urea groups is 1. The summed E-state index contributed by atoms with van der Waals surface area (Å²) in [6.07, 6.45) is 0. The molecule has 0 fully saturated rings. The van der Waals surface area contributed by atoms with Crippen molar-refractivity contribution in [1.29, 1.82) is 0 Å². The molecule has 1 aromatic carbocycles. The lowest BCUT2D eigenvalue weighted by Gasteiger charge is -2.19. The van der Waals surface area contributed by atoms with Crippen molar-refractivity contribution >= 4 is 34.9 Å². The van der Waals surface area contributed by atoms with Crippen molar-refractivity contribution in [2.45, 2.75) is 13.8 Å². The molecule has 0 bridgehead atoms. The Morgan fingerprint density at radius 1 is 1.21 bits per heavy atom. The highest BCUT2D eigenvalue weighted by Crippen LogP contribution is 2.27. The van der Waals surface area contributed by atoms with Crippen molar-refractivity contribution in [3.63, 3.8) is 0 Å². The molecule has 124 valence electrons. The first kappa shape index (κ1) is 15.8. The number of aromatic nitrogens is 1. The topological polar surface area (TPSA) is 90.4 Å². The molecule has 7 nitrogen and oxygen atoms in total. The summed E-state index contributed by atoms with van der Waals surface area (Å²) in [5.41, 5.74) is 3.02. The molecule has 2 heterocycles. The molecule has 1 aromatic heterocycles. The zero-order chi connectivity index (χ0) is 16.9. The van der Waals surface area contributed by atoms with E-state index in [0.29, 0.717) is 24.7 Å². The number of carbonyl (C=O) groups is 1. The number of nitrogens with zero attached hydrogens (tertiary/aromatic N) is 2. The number of amides is 2. The molecule has 1 aliphatic rings. The van der Waals surface area contributed by atoms with Crippen LogP contribution in [-0.4, -0.2) is 29.9 Å². The van der Waals surface area contributed by atoms with Gasteiger partial charge in [0.2, 0.25) is 0 Å². The van der Waals surface area contributed by atoms with E-state index in [2.05, 4.69) is 31.2 Å². The average Bonchev–Trinajstić information content (AvgIpc) is 2.57. The number of aliphatic imine (C=N–C) groups is 1. The van der Waals surface area contributed by atoms with Gasteiger partial charge >= 0.3 is 6.03 Å². The Morgan fingerprint density at radius 2 is 2.00 bits per heavy atom. The summed E-state index contributed by atoms with van der Waals surface area (Å²) in [5.74, 6) is 1.78. The van der Waals surface area contributed by atoms with E-state index in [4.69, 9.17) is 0 Å². The van der Waals surface area contributed by atoms with Gasteiger partial charge in [-0.1, -0.05) is 17.7 Å². The Bertz CT molecular complexity index is 769. The number of nitrogens with one attached hydrogen (secondary N) is 4. The van der Waals surface area contributed by atoms with E-state index in [1.54, 1.807) is 6.07 Å². The molecule has 0 aliphatic carbocycles. The van der Waals surface area contributed by atoms with Crippen LogP contribution in [0.5, 0.6) is 0 Å². The van der Waals surface area contributed by atoms with Crippen molar-refractivity contribution in [2.24, 2.45) is 4.99 Å². The third-order valence-electron chi connectivity index (χ3n) is 3.48. The minimum Gasteiger partial charge on any atom is -0.375 e. The second-order valence-corrected chi connectivity index (χ2v) is 5.46. The molecule has 4 N–H and O–H groups in total. The van der Waals surface area contributed by atoms with Gasteiger partial charge in [0.25, 0.3) is 0 Å². The maximum atomic E-state index is 11.6. The van der Waals surface area contributed by atoms with Crippen LogP contribution in [0.3, 0.4) is 0 Å². The number of pyridine rings is 1. The summed E-state index contributed by atoms with van der Waals surface area (Å²) in [5, 5.41) is 11.9. The molecule has 0 radical (unpaired) electrons.